The van der Waals surface area contributed by atoms with Crippen LogP contribution >= 0.6 is 0 Å². The first-order valence-corrected chi connectivity index (χ1v) is 11.3. The third kappa shape index (κ3) is 4.72. The fourth-order valence-corrected chi connectivity index (χ4v) is 5.53. The second kappa shape index (κ2) is 7.90. The Kier molecular flexibility index (Phi) is 6.03. The highest BCUT2D eigenvalue weighted by atomic mass is 32.2. The van der Waals surface area contributed by atoms with Gasteiger partial charge >= 0.3 is 0 Å². The molecule has 3 aliphatic rings. The van der Waals surface area contributed by atoms with E-state index in [2.05, 4.69) is 10.2 Å². The fraction of sp³-hybridized carbons (Fsp3) is 0.941. The predicted octanol–water partition coefficient (Wildman–Crippen LogP) is 0.419. The number of nitrogens with one attached hydrogen (secondary N) is 1. The maximum absolute atomic E-state index is 12.7. The topological polar surface area (TPSA) is 79.0 Å². The van der Waals surface area contributed by atoms with Gasteiger partial charge in [-0.05, 0) is 51.6 Å². The standard InChI is InChI=1S/C17H31N3O4S/c1-25(22,23)20-10-4-5-15(20)16(21)18-13-17(6-11-24-12-7-17)14-19-8-2-3-9-19/h15H,2-14H2,1H3,(H,18,21). The van der Waals surface area contributed by atoms with Gasteiger partial charge in [0.2, 0.25) is 15.9 Å². The number of likely N-dealkylation sites (tertiary alicyclic amines) is 1. The lowest BCUT2D eigenvalue weighted by molar-refractivity contribution is -0.125. The fourth-order valence-electron chi connectivity index (χ4n) is 4.40. The Morgan fingerprint density at radius 1 is 1.16 bits per heavy atom. The number of sulfonamides is 1. The van der Waals surface area contributed by atoms with Crippen LogP contribution < -0.4 is 5.32 Å². The van der Waals surface area contributed by atoms with E-state index in [9.17, 15) is 13.2 Å². The molecule has 0 aromatic heterocycles. The number of amides is 1. The van der Waals surface area contributed by atoms with Crippen molar-refractivity contribution in [2.24, 2.45) is 5.41 Å². The van der Waals surface area contributed by atoms with Gasteiger partial charge in [0.1, 0.15) is 6.04 Å². The number of hydrogen-bond donors (Lipinski definition) is 1. The number of hydrogen-bond acceptors (Lipinski definition) is 5. The van der Waals surface area contributed by atoms with E-state index in [-0.39, 0.29) is 11.3 Å². The van der Waals surface area contributed by atoms with Gasteiger partial charge in [-0.2, -0.15) is 4.31 Å². The Labute approximate surface area is 151 Å². The first-order valence-electron chi connectivity index (χ1n) is 9.44. The Hall–Kier alpha value is -0.700. The summed E-state index contributed by atoms with van der Waals surface area (Å²) in [6.45, 7) is 5.81. The summed E-state index contributed by atoms with van der Waals surface area (Å²) >= 11 is 0. The molecule has 144 valence electrons. The minimum Gasteiger partial charge on any atom is -0.381 e. The molecule has 1 atom stereocenters. The zero-order chi connectivity index (χ0) is 17.9. The Balaban J connectivity index is 1.61. The van der Waals surface area contributed by atoms with Crippen LogP contribution in [0.25, 0.3) is 0 Å². The maximum atomic E-state index is 12.7. The number of nitrogens with zero attached hydrogens (tertiary/aromatic N) is 2. The maximum Gasteiger partial charge on any atom is 0.238 e. The zero-order valence-corrected chi connectivity index (χ0v) is 16.0. The summed E-state index contributed by atoms with van der Waals surface area (Å²) in [7, 11) is -3.33. The quantitative estimate of drug-likeness (QED) is 0.730. The summed E-state index contributed by atoms with van der Waals surface area (Å²) in [6.07, 6.45) is 6.95. The molecule has 0 bridgehead atoms. The molecule has 1 amide bonds. The molecule has 0 spiro atoms. The highest BCUT2D eigenvalue weighted by Gasteiger charge is 2.39. The van der Waals surface area contributed by atoms with Crippen LogP contribution in [0, 0.1) is 5.41 Å². The van der Waals surface area contributed by atoms with Crippen LogP contribution in [0.3, 0.4) is 0 Å². The van der Waals surface area contributed by atoms with E-state index in [1.165, 1.54) is 23.4 Å². The lowest BCUT2D eigenvalue weighted by Gasteiger charge is -2.40. The van der Waals surface area contributed by atoms with Crippen molar-refractivity contribution < 1.29 is 17.9 Å². The van der Waals surface area contributed by atoms with E-state index in [4.69, 9.17) is 4.74 Å². The van der Waals surface area contributed by atoms with Gasteiger partial charge in [0.05, 0.1) is 6.26 Å². The summed E-state index contributed by atoms with van der Waals surface area (Å²) in [6, 6.07) is -0.543. The molecule has 3 heterocycles. The Morgan fingerprint density at radius 3 is 2.48 bits per heavy atom. The molecular formula is C17H31N3O4S. The van der Waals surface area contributed by atoms with Gasteiger partial charge in [0.15, 0.2) is 0 Å². The molecule has 3 saturated heterocycles. The molecule has 0 radical (unpaired) electrons. The highest BCUT2D eigenvalue weighted by molar-refractivity contribution is 7.88. The van der Waals surface area contributed by atoms with Crippen molar-refractivity contribution in [3.8, 4) is 0 Å². The van der Waals surface area contributed by atoms with Gasteiger partial charge in [-0.25, -0.2) is 8.42 Å². The van der Waals surface area contributed by atoms with E-state index in [0.29, 0.717) is 19.5 Å². The second-order valence-electron chi connectivity index (χ2n) is 7.85. The highest BCUT2D eigenvalue weighted by Crippen LogP contribution is 2.32. The normalized spacial score (nSPS) is 28.3. The molecule has 7 nitrogen and oxygen atoms in total. The largest absolute Gasteiger partial charge is 0.381 e. The third-order valence-electron chi connectivity index (χ3n) is 5.88. The Morgan fingerprint density at radius 2 is 1.84 bits per heavy atom. The number of ether oxygens (including phenoxy) is 1. The number of carbonyl (C=O) groups is 1. The van der Waals surface area contributed by atoms with Gasteiger partial charge in [0, 0.05) is 38.3 Å². The average Bonchev–Trinajstić information content (AvgIpc) is 3.24. The molecule has 25 heavy (non-hydrogen) atoms. The van der Waals surface area contributed by atoms with Gasteiger partial charge in [-0.15, -0.1) is 0 Å². The van der Waals surface area contributed by atoms with Crippen LogP contribution in [0.1, 0.15) is 38.5 Å². The van der Waals surface area contributed by atoms with E-state index < -0.39 is 16.1 Å². The van der Waals surface area contributed by atoms with E-state index in [0.717, 1.165) is 52.1 Å². The van der Waals surface area contributed by atoms with Gasteiger partial charge in [-0.1, -0.05) is 0 Å². The minimum atomic E-state index is -3.33. The number of carbonyl (C=O) groups excluding carboxylic acids is 1. The monoisotopic (exact) mass is 373 g/mol. The van der Waals surface area contributed by atoms with Crippen molar-refractivity contribution >= 4 is 15.9 Å². The van der Waals surface area contributed by atoms with Gasteiger partial charge in [0.25, 0.3) is 0 Å². The SMILES string of the molecule is CS(=O)(=O)N1CCCC1C(=O)NCC1(CN2CCCC2)CCOCC1. The van der Waals surface area contributed by atoms with Crippen LogP contribution in [0.15, 0.2) is 0 Å². The lowest BCUT2D eigenvalue weighted by atomic mass is 9.79. The average molecular weight is 374 g/mol. The lowest BCUT2D eigenvalue weighted by Crippen LogP contribution is -2.52. The molecule has 3 fully saturated rings. The summed E-state index contributed by atoms with van der Waals surface area (Å²) in [5.74, 6) is -0.143. The molecule has 0 aromatic carbocycles. The summed E-state index contributed by atoms with van der Waals surface area (Å²) in [4.78, 5) is 15.2. The summed E-state index contributed by atoms with van der Waals surface area (Å²) < 4.78 is 30.6. The molecule has 1 unspecified atom stereocenters. The zero-order valence-electron chi connectivity index (χ0n) is 15.2. The van der Waals surface area contributed by atoms with Gasteiger partial charge in [-0.3, -0.25) is 4.79 Å². The van der Waals surface area contributed by atoms with Crippen LogP contribution in [0.2, 0.25) is 0 Å². The van der Waals surface area contributed by atoms with Crippen LogP contribution in [-0.2, 0) is 19.6 Å². The first kappa shape index (κ1) is 19.1. The summed E-state index contributed by atoms with van der Waals surface area (Å²) in [5, 5.41) is 3.08. The van der Waals surface area contributed by atoms with Crippen molar-refractivity contribution in [3.05, 3.63) is 0 Å². The van der Waals surface area contributed by atoms with Crippen molar-refractivity contribution in [1.29, 1.82) is 0 Å². The number of rotatable bonds is 6. The van der Waals surface area contributed by atoms with E-state index in [1.54, 1.807) is 0 Å². The second-order valence-corrected chi connectivity index (χ2v) is 9.78. The molecule has 1 N–H and O–H groups in total. The smallest absolute Gasteiger partial charge is 0.238 e. The summed E-state index contributed by atoms with van der Waals surface area (Å²) in [5.41, 5.74) is 0.0484. The molecule has 3 aliphatic heterocycles. The van der Waals surface area contributed by atoms with Crippen LogP contribution in [0.5, 0.6) is 0 Å². The van der Waals surface area contributed by atoms with Crippen molar-refractivity contribution in [1.82, 2.24) is 14.5 Å². The van der Waals surface area contributed by atoms with Crippen molar-refractivity contribution in [2.75, 3.05) is 52.2 Å². The third-order valence-corrected chi connectivity index (χ3v) is 7.17. The molecule has 8 heteroatoms. The predicted molar refractivity (Wildman–Crippen MR) is 95.7 cm³/mol. The van der Waals surface area contributed by atoms with Crippen molar-refractivity contribution in [2.45, 2.75) is 44.6 Å². The molecule has 3 rings (SSSR count). The van der Waals surface area contributed by atoms with Gasteiger partial charge < -0.3 is 15.0 Å². The van der Waals surface area contributed by atoms with Crippen LogP contribution in [-0.4, -0.2) is 81.8 Å². The molecular weight excluding hydrogens is 342 g/mol. The minimum absolute atomic E-state index is 0.0484. The Bertz CT molecular complexity index is 568. The molecule has 0 aromatic rings. The first-order chi connectivity index (χ1) is 11.9. The molecule has 0 aliphatic carbocycles. The van der Waals surface area contributed by atoms with Crippen molar-refractivity contribution in [3.63, 3.8) is 0 Å². The van der Waals surface area contributed by atoms with Crippen LogP contribution in [0.4, 0.5) is 0 Å². The molecule has 0 saturated carbocycles. The van der Waals surface area contributed by atoms with E-state index >= 15 is 0 Å². The van der Waals surface area contributed by atoms with E-state index in [1.807, 2.05) is 0 Å².